The first-order valence-electron chi connectivity index (χ1n) is 7.14. The molecule has 0 aliphatic heterocycles. The minimum atomic E-state index is -1.07. The number of hydrogen-bond donors (Lipinski definition) is 0. The van der Waals surface area contributed by atoms with Crippen LogP contribution in [0.1, 0.15) is 50.8 Å². The number of aryl methyl sites for hydroxylation is 1. The Hall–Kier alpha value is -0.760. The molecular formula is C14H22N3NaO4. The molecule has 0 amide bonds. The fourth-order valence-corrected chi connectivity index (χ4v) is 2.10. The van der Waals surface area contributed by atoms with Gasteiger partial charge in [0.2, 0.25) is 0 Å². The van der Waals surface area contributed by atoms with Crippen molar-refractivity contribution in [3.8, 4) is 0 Å². The van der Waals surface area contributed by atoms with Gasteiger partial charge in [0, 0.05) is 25.9 Å². The predicted octanol–water partition coefficient (Wildman–Crippen LogP) is -2.70. The molecule has 1 atom stereocenters. The van der Waals surface area contributed by atoms with Crippen LogP contribution in [0.2, 0.25) is 0 Å². The molecule has 1 rings (SSSR count). The molecule has 0 aliphatic carbocycles. The Morgan fingerprint density at radius 1 is 1.36 bits per heavy atom. The van der Waals surface area contributed by atoms with Crippen LogP contribution in [0.5, 0.6) is 0 Å². The first kappa shape index (κ1) is 21.2. The first-order valence-corrected chi connectivity index (χ1v) is 7.14. The third-order valence-electron chi connectivity index (χ3n) is 3.24. The van der Waals surface area contributed by atoms with Gasteiger partial charge in [-0.1, -0.05) is 5.21 Å². The smallest absolute Gasteiger partial charge is 0.550 e. The van der Waals surface area contributed by atoms with Crippen LogP contribution >= 0.6 is 0 Å². The Bertz CT molecular complexity index is 465. The molecule has 1 aromatic rings. The molecule has 0 N–H and O–H groups in total. The van der Waals surface area contributed by atoms with E-state index in [1.165, 1.54) is 0 Å². The molecule has 1 heterocycles. The number of unbranched alkanes of at least 4 members (excludes halogenated alkanes) is 1. The zero-order chi connectivity index (χ0) is 15.7. The Balaban J connectivity index is 0.00000441. The number of carboxylic acid groups (broad SMARTS) is 1. The number of carbonyl (C=O) groups excluding carboxylic acids is 2. The van der Waals surface area contributed by atoms with Crippen LogP contribution in [0.25, 0.3) is 0 Å². The van der Waals surface area contributed by atoms with Crippen LogP contribution < -0.4 is 34.7 Å². The molecule has 0 spiro atoms. The normalized spacial score (nSPS) is 11.7. The largest absolute Gasteiger partial charge is 1.00 e. The van der Waals surface area contributed by atoms with E-state index in [1.54, 1.807) is 24.9 Å². The van der Waals surface area contributed by atoms with E-state index in [4.69, 9.17) is 4.74 Å². The monoisotopic (exact) mass is 319 g/mol. The average Bonchev–Trinajstić information content (AvgIpc) is 2.86. The number of rotatable bonds is 11. The van der Waals surface area contributed by atoms with Crippen molar-refractivity contribution in [2.75, 3.05) is 13.7 Å². The van der Waals surface area contributed by atoms with Crippen LogP contribution in [-0.2, 0) is 20.7 Å². The van der Waals surface area contributed by atoms with Crippen molar-refractivity contribution in [1.29, 1.82) is 0 Å². The van der Waals surface area contributed by atoms with E-state index in [-0.39, 0.29) is 47.8 Å². The number of Topliss-reactive ketones (excluding diaryl/α,β-unsaturated/α-hetero) is 1. The van der Waals surface area contributed by atoms with Gasteiger partial charge in [-0.25, -0.2) is 4.68 Å². The number of ether oxygens (including phenoxy) is 1. The molecule has 0 saturated carbocycles. The topological polar surface area (TPSA) is 97.1 Å². The molecule has 1 unspecified atom stereocenters. The van der Waals surface area contributed by atoms with Gasteiger partial charge in [-0.05, 0) is 45.4 Å². The number of carbonyl (C=O) groups is 2. The SMILES string of the molecule is COCCCCC(C(C)=O)n1cc(CCCC(=O)[O-])nn1.[Na+]. The summed E-state index contributed by atoms with van der Waals surface area (Å²) < 4.78 is 6.56. The zero-order valence-corrected chi connectivity index (χ0v) is 15.6. The fourth-order valence-electron chi connectivity index (χ4n) is 2.10. The van der Waals surface area contributed by atoms with Crippen LogP contribution in [0, 0.1) is 0 Å². The number of nitrogens with zero attached hydrogens (tertiary/aromatic N) is 3. The van der Waals surface area contributed by atoms with E-state index in [0.29, 0.717) is 31.6 Å². The Kier molecular flexibility index (Phi) is 11.4. The zero-order valence-electron chi connectivity index (χ0n) is 13.6. The van der Waals surface area contributed by atoms with E-state index in [9.17, 15) is 14.7 Å². The van der Waals surface area contributed by atoms with Gasteiger partial charge in [0.15, 0.2) is 5.78 Å². The maximum Gasteiger partial charge on any atom is 1.00 e. The van der Waals surface area contributed by atoms with Gasteiger partial charge in [-0.2, -0.15) is 0 Å². The maximum absolute atomic E-state index is 11.7. The molecule has 0 radical (unpaired) electrons. The van der Waals surface area contributed by atoms with Gasteiger partial charge in [0.25, 0.3) is 0 Å². The Morgan fingerprint density at radius 2 is 2.09 bits per heavy atom. The van der Waals surface area contributed by atoms with Crippen LogP contribution in [0.3, 0.4) is 0 Å². The Morgan fingerprint density at radius 3 is 2.68 bits per heavy atom. The summed E-state index contributed by atoms with van der Waals surface area (Å²) in [7, 11) is 1.65. The van der Waals surface area contributed by atoms with Crippen molar-refractivity contribution >= 4 is 11.8 Å². The van der Waals surface area contributed by atoms with Gasteiger partial charge in [-0.15, -0.1) is 5.10 Å². The maximum atomic E-state index is 11.7. The summed E-state index contributed by atoms with van der Waals surface area (Å²) in [4.78, 5) is 22.1. The molecule has 0 aliphatic rings. The number of aromatic nitrogens is 3. The number of ketones is 1. The second-order valence-corrected chi connectivity index (χ2v) is 5.03. The van der Waals surface area contributed by atoms with Gasteiger partial charge in [0.05, 0.1) is 5.69 Å². The molecule has 0 bridgehead atoms. The van der Waals surface area contributed by atoms with Gasteiger partial charge in [0.1, 0.15) is 6.04 Å². The summed E-state index contributed by atoms with van der Waals surface area (Å²) in [6.45, 7) is 2.22. The van der Waals surface area contributed by atoms with Gasteiger partial charge in [-0.3, -0.25) is 4.79 Å². The molecule has 0 fully saturated rings. The van der Waals surface area contributed by atoms with Crippen LogP contribution in [-0.4, -0.2) is 40.5 Å². The summed E-state index contributed by atoms with van der Waals surface area (Å²) in [6, 6.07) is -0.316. The van der Waals surface area contributed by atoms with E-state index >= 15 is 0 Å². The minimum Gasteiger partial charge on any atom is -0.550 e. The molecule has 1 aromatic heterocycles. The molecule has 8 heteroatoms. The minimum absolute atomic E-state index is 0. The first-order chi connectivity index (χ1) is 10.0. The molecule has 7 nitrogen and oxygen atoms in total. The third kappa shape index (κ3) is 8.03. The van der Waals surface area contributed by atoms with Gasteiger partial charge < -0.3 is 14.6 Å². The standard InChI is InChI=1S/C14H23N3O4.Na/c1-11(18)13(7-3-4-9-21-2)17-10-12(15-16-17)6-5-8-14(19)20;/h10,13H,3-9H2,1-2H3,(H,19,20);/q;+1/p-1. The van der Waals surface area contributed by atoms with E-state index in [2.05, 4.69) is 10.3 Å². The molecule has 0 aromatic carbocycles. The molecule has 22 heavy (non-hydrogen) atoms. The summed E-state index contributed by atoms with van der Waals surface area (Å²) in [6.07, 6.45) is 5.16. The molecule has 0 saturated heterocycles. The van der Waals surface area contributed by atoms with Crippen molar-refractivity contribution in [1.82, 2.24) is 15.0 Å². The van der Waals surface area contributed by atoms with E-state index < -0.39 is 5.97 Å². The molecule has 118 valence electrons. The quantitative estimate of drug-likeness (QED) is 0.325. The van der Waals surface area contributed by atoms with Crippen molar-refractivity contribution in [3.63, 3.8) is 0 Å². The summed E-state index contributed by atoms with van der Waals surface area (Å²) in [5.74, 6) is -1.03. The van der Waals surface area contributed by atoms with Crippen molar-refractivity contribution < 1.29 is 49.0 Å². The summed E-state index contributed by atoms with van der Waals surface area (Å²) in [5.41, 5.74) is 0.694. The number of methoxy groups -OCH3 is 1. The summed E-state index contributed by atoms with van der Waals surface area (Å²) >= 11 is 0. The number of carboxylic acids is 1. The van der Waals surface area contributed by atoms with Crippen molar-refractivity contribution in [2.45, 2.75) is 51.5 Å². The van der Waals surface area contributed by atoms with Crippen LogP contribution in [0.4, 0.5) is 0 Å². The van der Waals surface area contributed by atoms with Crippen molar-refractivity contribution in [3.05, 3.63) is 11.9 Å². The van der Waals surface area contributed by atoms with Crippen molar-refractivity contribution in [2.24, 2.45) is 0 Å². The van der Waals surface area contributed by atoms with Crippen LogP contribution in [0.15, 0.2) is 6.20 Å². The fraction of sp³-hybridized carbons (Fsp3) is 0.714. The summed E-state index contributed by atoms with van der Waals surface area (Å²) in [5, 5.41) is 18.3. The van der Waals surface area contributed by atoms with Gasteiger partial charge >= 0.3 is 29.6 Å². The number of hydrogen-bond acceptors (Lipinski definition) is 6. The second kappa shape index (κ2) is 11.8. The third-order valence-corrected chi connectivity index (χ3v) is 3.24. The Labute approximate surface area is 152 Å². The average molecular weight is 319 g/mol. The van der Waals surface area contributed by atoms with E-state index in [1.807, 2.05) is 0 Å². The number of aliphatic carboxylic acids is 1. The molecular weight excluding hydrogens is 297 g/mol. The predicted molar refractivity (Wildman–Crippen MR) is 73.4 cm³/mol. The second-order valence-electron chi connectivity index (χ2n) is 5.03. The van der Waals surface area contributed by atoms with E-state index in [0.717, 1.165) is 12.8 Å².